The molecule has 10 nitrogen and oxygen atoms in total. The Morgan fingerprint density at radius 3 is 1.80 bits per heavy atom. The zero-order chi connectivity index (χ0) is 35.4. The second kappa shape index (κ2) is 21.2. The fraction of sp³-hybridized carbons (Fsp3) is 0.410. The summed E-state index contributed by atoms with van der Waals surface area (Å²) in [6.07, 6.45) is 3.42. The van der Waals surface area contributed by atoms with E-state index in [2.05, 4.69) is 15.6 Å². The van der Waals surface area contributed by atoms with Crippen molar-refractivity contribution in [1.29, 1.82) is 0 Å². The Balaban J connectivity index is 1.75. The molecule has 0 spiro atoms. The largest absolute Gasteiger partial charge is 0.370 e. The number of rotatable bonds is 22. The minimum Gasteiger partial charge on any atom is -0.370 e. The fourth-order valence-corrected chi connectivity index (χ4v) is 5.73. The summed E-state index contributed by atoms with van der Waals surface area (Å²) in [7, 11) is 0. The molecule has 0 heterocycles. The van der Waals surface area contributed by atoms with Crippen LogP contribution in [-0.2, 0) is 38.6 Å². The molecule has 0 aliphatic rings. The Hall–Kier alpha value is -4.83. The van der Waals surface area contributed by atoms with Crippen LogP contribution >= 0.6 is 0 Å². The minimum absolute atomic E-state index is 0.0342. The number of ketones is 2. The number of aliphatic imine (C=N–C) groups is 1. The van der Waals surface area contributed by atoms with Gasteiger partial charge in [-0.1, -0.05) is 111 Å². The third-order valence-corrected chi connectivity index (χ3v) is 8.54. The topological polar surface area (TPSA) is 183 Å². The standard InChI is InChI=1S/C39H52N6O4/c1-2-3-21-34(36(47)25-31(20-13-22-43-39(41)42)37(48)44-27-30-18-11-6-12-19-30)45-38(49)32(23-28-14-7-4-8-15-28)26-35(46)33(40)24-29-16-9-5-10-17-29/h4-12,14-19,31-34H,2-3,13,20-27,40H2,1H3,(H,44,48)(H,45,49)(H4,41,42,43)/t31-,32-,33?,34?/m0/s1. The van der Waals surface area contributed by atoms with E-state index in [4.69, 9.17) is 17.2 Å². The lowest BCUT2D eigenvalue weighted by atomic mass is 9.88. The summed E-state index contributed by atoms with van der Waals surface area (Å²) in [4.78, 5) is 58.6. The van der Waals surface area contributed by atoms with Crippen LogP contribution in [0.4, 0.5) is 0 Å². The molecular formula is C39H52N6O4. The van der Waals surface area contributed by atoms with E-state index in [1.807, 2.05) is 97.9 Å². The average molecular weight is 669 g/mol. The molecule has 3 rings (SSSR count). The molecule has 0 aromatic heterocycles. The van der Waals surface area contributed by atoms with Gasteiger partial charge in [0, 0.05) is 37.8 Å². The predicted octanol–water partition coefficient (Wildman–Crippen LogP) is 3.99. The monoisotopic (exact) mass is 668 g/mol. The first kappa shape index (κ1) is 38.6. The van der Waals surface area contributed by atoms with E-state index >= 15 is 0 Å². The van der Waals surface area contributed by atoms with E-state index in [0.29, 0.717) is 51.6 Å². The number of unbranched alkanes of at least 4 members (excludes halogenated alkanes) is 1. The van der Waals surface area contributed by atoms with Crippen molar-refractivity contribution >= 4 is 29.3 Å². The van der Waals surface area contributed by atoms with Gasteiger partial charge in [0.1, 0.15) is 0 Å². The first-order valence-corrected chi connectivity index (χ1v) is 17.2. The Kier molecular flexibility index (Phi) is 16.7. The van der Waals surface area contributed by atoms with Gasteiger partial charge in [-0.25, -0.2) is 0 Å². The number of hydrogen-bond donors (Lipinski definition) is 5. The van der Waals surface area contributed by atoms with Crippen molar-refractivity contribution in [2.75, 3.05) is 6.54 Å². The van der Waals surface area contributed by atoms with Gasteiger partial charge in [-0.3, -0.25) is 24.2 Å². The molecule has 4 atom stereocenters. The zero-order valence-electron chi connectivity index (χ0n) is 28.6. The maximum absolute atomic E-state index is 13.9. The van der Waals surface area contributed by atoms with Crippen LogP contribution in [0.25, 0.3) is 0 Å². The second-order valence-electron chi connectivity index (χ2n) is 12.6. The van der Waals surface area contributed by atoms with E-state index in [1.165, 1.54) is 0 Å². The Labute approximate surface area is 290 Å². The lowest BCUT2D eigenvalue weighted by molar-refractivity contribution is -0.134. The number of nitrogens with two attached hydrogens (primary N) is 3. The number of hydrogen-bond acceptors (Lipinski definition) is 6. The Bertz CT molecular complexity index is 1480. The quantitative estimate of drug-likeness (QED) is 0.0609. The molecule has 3 aromatic rings. The maximum Gasteiger partial charge on any atom is 0.224 e. The van der Waals surface area contributed by atoms with Crippen LogP contribution in [0.1, 0.15) is 68.6 Å². The van der Waals surface area contributed by atoms with Crippen LogP contribution in [0, 0.1) is 11.8 Å². The van der Waals surface area contributed by atoms with Gasteiger partial charge in [0.05, 0.1) is 12.1 Å². The predicted molar refractivity (Wildman–Crippen MR) is 194 cm³/mol. The summed E-state index contributed by atoms with van der Waals surface area (Å²) in [6.45, 7) is 2.67. The normalized spacial score (nSPS) is 13.3. The Morgan fingerprint density at radius 2 is 1.22 bits per heavy atom. The zero-order valence-corrected chi connectivity index (χ0v) is 28.6. The number of amides is 2. The van der Waals surface area contributed by atoms with Gasteiger partial charge in [-0.05, 0) is 48.8 Å². The Morgan fingerprint density at radius 1 is 0.673 bits per heavy atom. The van der Waals surface area contributed by atoms with Crippen molar-refractivity contribution in [1.82, 2.24) is 10.6 Å². The lowest BCUT2D eigenvalue weighted by Gasteiger charge is -2.24. The number of guanidine groups is 1. The average Bonchev–Trinajstić information content (AvgIpc) is 3.10. The molecule has 0 bridgehead atoms. The summed E-state index contributed by atoms with van der Waals surface area (Å²) in [5, 5.41) is 5.94. The number of carbonyl (C=O) groups excluding carboxylic acids is 4. The third kappa shape index (κ3) is 14.4. The van der Waals surface area contributed by atoms with Crippen molar-refractivity contribution in [3.05, 3.63) is 108 Å². The van der Waals surface area contributed by atoms with Crippen LogP contribution in [0.3, 0.4) is 0 Å². The van der Waals surface area contributed by atoms with Gasteiger partial charge < -0.3 is 27.8 Å². The first-order chi connectivity index (χ1) is 23.7. The van der Waals surface area contributed by atoms with Crippen LogP contribution in [-0.4, -0.2) is 48.0 Å². The SMILES string of the molecule is CCCCC(NC(=O)[C@H](CC(=O)C(N)Cc1ccccc1)Cc1ccccc1)C(=O)C[C@H](CCCN=C(N)N)C(=O)NCc1ccccc1. The van der Waals surface area contributed by atoms with E-state index in [1.54, 1.807) is 0 Å². The molecule has 0 saturated heterocycles. The van der Waals surface area contributed by atoms with E-state index < -0.39 is 23.9 Å². The van der Waals surface area contributed by atoms with Crippen molar-refractivity contribution in [3.8, 4) is 0 Å². The molecule has 10 heteroatoms. The molecule has 49 heavy (non-hydrogen) atoms. The van der Waals surface area contributed by atoms with Crippen molar-refractivity contribution in [3.63, 3.8) is 0 Å². The van der Waals surface area contributed by atoms with E-state index in [9.17, 15) is 19.2 Å². The van der Waals surface area contributed by atoms with Gasteiger partial charge in [0.2, 0.25) is 11.8 Å². The first-order valence-electron chi connectivity index (χ1n) is 17.2. The molecule has 3 aromatic carbocycles. The highest BCUT2D eigenvalue weighted by molar-refractivity contribution is 5.94. The number of nitrogens with one attached hydrogen (secondary N) is 2. The van der Waals surface area contributed by atoms with Crippen molar-refractivity contribution < 1.29 is 19.2 Å². The van der Waals surface area contributed by atoms with Crippen LogP contribution < -0.4 is 27.8 Å². The fourth-order valence-electron chi connectivity index (χ4n) is 5.73. The van der Waals surface area contributed by atoms with Gasteiger partial charge in [0.25, 0.3) is 0 Å². The van der Waals surface area contributed by atoms with E-state index in [0.717, 1.165) is 23.1 Å². The van der Waals surface area contributed by atoms with Crippen LogP contribution in [0.15, 0.2) is 96.0 Å². The molecular weight excluding hydrogens is 616 g/mol. The van der Waals surface area contributed by atoms with Crippen LogP contribution in [0.5, 0.6) is 0 Å². The third-order valence-electron chi connectivity index (χ3n) is 8.54. The number of Topliss-reactive ketones (excluding diaryl/α,β-unsaturated/α-hetero) is 2. The summed E-state index contributed by atoms with van der Waals surface area (Å²) in [5.74, 6) is -2.46. The lowest BCUT2D eigenvalue weighted by Crippen LogP contribution is -2.46. The van der Waals surface area contributed by atoms with Gasteiger partial charge in [-0.15, -0.1) is 0 Å². The molecule has 0 fully saturated rings. The second-order valence-corrected chi connectivity index (χ2v) is 12.6. The summed E-state index contributed by atoms with van der Waals surface area (Å²) < 4.78 is 0. The molecule has 2 unspecified atom stereocenters. The number of nitrogens with zero attached hydrogens (tertiary/aromatic N) is 1. The summed E-state index contributed by atoms with van der Waals surface area (Å²) in [5.41, 5.74) is 20.1. The molecule has 0 saturated carbocycles. The smallest absolute Gasteiger partial charge is 0.224 e. The summed E-state index contributed by atoms with van der Waals surface area (Å²) in [6, 6.07) is 27.0. The van der Waals surface area contributed by atoms with Gasteiger partial charge in [0.15, 0.2) is 17.5 Å². The highest BCUT2D eigenvalue weighted by Gasteiger charge is 2.31. The molecule has 0 aliphatic carbocycles. The van der Waals surface area contributed by atoms with E-state index in [-0.39, 0.29) is 42.2 Å². The minimum atomic E-state index is -0.805. The number of benzene rings is 3. The highest BCUT2D eigenvalue weighted by atomic mass is 16.2. The molecule has 0 radical (unpaired) electrons. The van der Waals surface area contributed by atoms with Crippen molar-refractivity contribution in [2.45, 2.75) is 83.3 Å². The van der Waals surface area contributed by atoms with Gasteiger partial charge in [-0.2, -0.15) is 0 Å². The van der Waals surface area contributed by atoms with Crippen LogP contribution in [0.2, 0.25) is 0 Å². The molecule has 2 amide bonds. The molecule has 262 valence electrons. The number of carbonyl (C=O) groups is 4. The molecule has 0 aliphatic heterocycles. The summed E-state index contributed by atoms with van der Waals surface area (Å²) >= 11 is 0. The maximum atomic E-state index is 13.9. The highest BCUT2D eigenvalue weighted by Crippen LogP contribution is 2.19. The molecule has 8 N–H and O–H groups in total. The van der Waals surface area contributed by atoms with Gasteiger partial charge >= 0.3 is 0 Å². The van der Waals surface area contributed by atoms with Crippen molar-refractivity contribution in [2.24, 2.45) is 34.0 Å².